The van der Waals surface area contributed by atoms with Crippen molar-refractivity contribution < 1.29 is 4.79 Å². The molecule has 0 saturated heterocycles. The van der Waals surface area contributed by atoms with Crippen molar-refractivity contribution in [3.63, 3.8) is 0 Å². The zero-order valence-electron chi connectivity index (χ0n) is 12.7. The molecule has 2 aromatic rings. The van der Waals surface area contributed by atoms with Crippen LogP contribution in [0.5, 0.6) is 0 Å². The average molecular weight is 336 g/mol. The first-order valence-electron chi connectivity index (χ1n) is 7.10. The summed E-state index contributed by atoms with van der Waals surface area (Å²) in [4.78, 5) is 11.8. The second-order valence-electron chi connectivity index (χ2n) is 4.88. The Bertz CT molecular complexity index is 588. The van der Waals surface area contributed by atoms with E-state index in [9.17, 15) is 4.79 Å². The largest absolute Gasteiger partial charge is 0.336 e. The Labute approximate surface area is 138 Å². The van der Waals surface area contributed by atoms with Gasteiger partial charge in [-0.25, -0.2) is 4.79 Å². The van der Waals surface area contributed by atoms with Crippen LogP contribution in [0.25, 0.3) is 10.6 Å². The summed E-state index contributed by atoms with van der Waals surface area (Å²) in [6.45, 7) is 2.40. The maximum atomic E-state index is 11.8. The summed E-state index contributed by atoms with van der Waals surface area (Å²) in [6.07, 6.45) is 3.03. The summed E-state index contributed by atoms with van der Waals surface area (Å²) >= 11 is 3.27. The standard InChI is InChI=1S/C15H20N4OS2/c1-11(8-9-21-2)17-15(20)16-10-13-18-19-14(22-13)12-6-4-3-5-7-12/h3-7,11H,8-10H2,1-2H3,(H2,16,17,20)/t11-/m0/s1. The molecule has 0 saturated carbocycles. The maximum absolute atomic E-state index is 11.8. The van der Waals surface area contributed by atoms with Crippen molar-refractivity contribution in [1.29, 1.82) is 0 Å². The van der Waals surface area contributed by atoms with E-state index in [0.29, 0.717) is 6.54 Å². The topological polar surface area (TPSA) is 66.9 Å². The van der Waals surface area contributed by atoms with Crippen LogP contribution in [0.15, 0.2) is 30.3 Å². The van der Waals surface area contributed by atoms with E-state index < -0.39 is 0 Å². The molecule has 5 nitrogen and oxygen atoms in total. The average Bonchev–Trinajstić information content (AvgIpc) is 3.01. The maximum Gasteiger partial charge on any atom is 0.315 e. The molecule has 0 bridgehead atoms. The van der Waals surface area contributed by atoms with Gasteiger partial charge in [0.2, 0.25) is 0 Å². The van der Waals surface area contributed by atoms with Crippen molar-refractivity contribution in [3.8, 4) is 10.6 Å². The summed E-state index contributed by atoms with van der Waals surface area (Å²) in [5.74, 6) is 1.04. The summed E-state index contributed by atoms with van der Waals surface area (Å²) in [6, 6.07) is 9.91. The summed E-state index contributed by atoms with van der Waals surface area (Å²) in [7, 11) is 0. The lowest BCUT2D eigenvalue weighted by atomic mass is 10.2. The number of urea groups is 1. The van der Waals surface area contributed by atoms with Crippen LogP contribution in [0.3, 0.4) is 0 Å². The highest BCUT2D eigenvalue weighted by Crippen LogP contribution is 2.22. The molecule has 118 valence electrons. The molecule has 0 radical (unpaired) electrons. The summed E-state index contributed by atoms with van der Waals surface area (Å²) in [5.41, 5.74) is 1.04. The zero-order valence-corrected chi connectivity index (χ0v) is 14.3. The number of benzene rings is 1. The molecule has 2 rings (SSSR count). The predicted molar refractivity (Wildman–Crippen MR) is 93.2 cm³/mol. The molecule has 1 aromatic heterocycles. The van der Waals surface area contributed by atoms with Crippen molar-refractivity contribution in [2.45, 2.75) is 25.9 Å². The molecule has 0 aliphatic rings. The Morgan fingerprint density at radius 1 is 1.32 bits per heavy atom. The minimum absolute atomic E-state index is 0.162. The van der Waals surface area contributed by atoms with E-state index in [1.165, 1.54) is 11.3 Å². The highest BCUT2D eigenvalue weighted by atomic mass is 32.2. The Balaban J connectivity index is 1.80. The first-order valence-corrected chi connectivity index (χ1v) is 9.31. The fourth-order valence-electron chi connectivity index (χ4n) is 1.82. The van der Waals surface area contributed by atoms with Gasteiger partial charge in [-0.05, 0) is 25.4 Å². The molecule has 0 aliphatic heterocycles. The van der Waals surface area contributed by atoms with Crippen molar-refractivity contribution in [1.82, 2.24) is 20.8 Å². The highest BCUT2D eigenvalue weighted by molar-refractivity contribution is 7.98. The number of hydrogen-bond acceptors (Lipinski definition) is 5. The Morgan fingerprint density at radius 2 is 2.09 bits per heavy atom. The molecule has 1 aromatic carbocycles. The van der Waals surface area contributed by atoms with Crippen LogP contribution in [0.4, 0.5) is 4.79 Å². The third kappa shape index (κ3) is 5.31. The third-order valence-corrected chi connectivity index (χ3v) is 4.64. The lowest BCUT2D eigenvalue weighted by molar-refractivity contribution is 0.237. The summed E-state index contributed by atoms with van der Waals surface area (Å²) < 4.78 is 0. The number of carbonyl (C=O) groups excluding carboxylic acids is 1. The number of amides is 2. The molecule has 0 unspecified atom stereocenters. The van der Waals surface area contributed by atoms with Crippen molar-refractivity contribution >= 4 is 29.1 Å². The van der Waals surface area contributed by atoms with Gasteiger partial charge in [0.1, 0.15) is 10.0 Å². The SMILES string of the molecule is CSCC[C@H](C)NC(=O)NCc1nnc(-c2ccccc2)s1. The van der Waals surface area contributed by atoms with E-state index in [1.54, 1.807) is 11.8 Å². The third-order valence-electron chi connectivity index (χ3n) is 3.02. The Hall–Kier alpha value is -1.60. The van der Waals surface area contributed by atoms with Gasteiger partial charge in [-0.15, -0.1) is 10.2 Å². The van der Waals surface area contributed by atoms with Gasteiger partial charge in [0.15, 0.2) is 0 Å². The normalized spacial score (nSPS) is 11.9. The summed E-state index contributed by atoms with van der Waals surface area (Å²) in [5, 5.41) is 15.7. The van der Waals surface area contributed by atoms with Crippen molar-refractivity contribution in [2.75, 3.05) is 12.0 Å². The fourth-order valence-corrected chi connectivity index (χ4v) is 3.19. The molecule has 7 heteroatoms. The second kappa shape index (κ2) is 8.75. The monoisotopic (exact) mass is 336 g/mol. The number of aromatic nitrogens is 2. The minimum Gasteiger partial charge on any atom is -0.336 e. The molecule has 22 heavy (non-hydrogen) atoms. The van der Waals surface area contributed by atoms with Crippen LogP contribution >= 0.6 is 23.1 Å². The smallest absolute Gasteiger partial charge is 0.315 e. The van der Waals surface area contributed by atoms with Crippen molar-refractivity contribution in [3.05, 3.63) is 35.3 Å². The number of hydrogen-bond donors (Lipinski definition) is 2. The first-order chi connectivity index (χ1) is 10.7. The molecule has 0 spiro atoms. The zero-order chi connectivity index (χ0) is 15.8. The van der Waals surface area contributed by atoms with E-state index in [1.807, 2.05) is 37.3 Å². The molecular weight excluding hydrogens is 316 g/mol. The number of nitrogens with one attached hydrogen (secondary N) is 2. The van der Waals surface area contributed by atoms with Crippen LogP contribution < -0.4 is 10.6 Å². The lowest BCUT2D eigenvalue weighted by Gasteiger charge is -2.13. The van der Waals surface area contributed by atoms with Crippen LogP contribution in [-0.2, 0) is 6.54 Å². The fraction of sp³-hybridized carbons (Fsp3) is 0.400. The molecular formula is C15H20N4OS2. The Kier molecular flexibility index (Phi) is 6.67. The van der Waals surface area contributed by atoms with Crippen LogP contribution in [0.2, 0.25) is 0 Å². The number of carbonyl (C=O) groups is 1. The van der Waals surface area contributed by atoms with Gasteiger partial charge in [0, 0.05) is 11.6 Å². The quantitative estimate of drug-likeness (QED) is 0.815. The van der Waals surface area contributed by atoms with Gasteiger partial charge in [0.05, 0.1) is 6.54 Å². The van der Waals surface area contributed by atoms with E-state index in [4.69, 9.17) is 0 Å². The molecule has 0 fully saturated rings. The minimum atomic E-state index is -0.162. The lowest BCUT2D eigenvalue weighted by Crippen LogP contribution is -2.40. The second-order valence-corrected chi connectivity index (χ2v) is 6.92. The number of thioether (sulfide) groups is 1. The van der Waals surface area contributed by atoms with Crippen LogP contribution in [-0.4, -0.2) is 34.3 Å². The van der Waals surface area contributed by atoms with Gasteiger partial charge in [-0.2, -0.15) is 11.8 Å². The predicted octanol–water partition coefficient (Wildman–Crippen LogP) is 3.15. The first kappa shape index (κ1) is 16.8. The number of rotatable bonds is 7. The van der Waals surface area contributed by atoms with Gasteiger partial charge in [-0.1, -0.05) is 41.7 Å². The van der Waals surface area contributed by atoms with E-state index in [-0.39, 0.29) is 12.1 Å². The Morgan fingerprint density at radius 3 is 2.82 bits per heavy atom. The molecule has 2 amide bonds. The van der Waals surface area contributed by atoms with Crippen LogP contribution in [0.1, 0.15) is 18.4 Å². The van der Waals surface area contributed by atoms with Gasteiger partial charge in [0.25, 0.3) is 0 Å². The van der Waals surface area contributed by atoms with Gasteiger partial charge in [-0.3, -0.25) is 0 Å². The van der Waals surface area contributed by atoms with Crippen LogP contribution in [0, 0.1) is 0 Å². The molecule has 2 N–H and O–H groups in total. The van der Waals surface area contributed by atoms with E-state index in [0.717, 1.165) is 27.8 Å². The molecule has 1 heterocycles. The van der Waals surface area contributed by atoms with Gasteiger partial charge >= 0.3 is 6.03 Å². The molecule has 1 atom stereocenters. The van der Waals surface area contributed by atoms with E-state index in [2.05, 4.69) is 27.1 Å². The van der Waals surface area contributed by atoms with E-state index >= 15 is 0 Å². The number of nitrogens with zero attached hydrogens (tertiary/aromatic N) is 2. The van der Waals surface area contributed by atoms with Crippen molar-refractivity contribution in [2.24, 2.45) is 0 Å². The molecule has 0 aliphatic carbocycles. The highest BCUT2D eigenvalue weighted by Gasteiger charge is 2.09. The van der Waals surface area contributed by atoms with Gasteiger partial charge < -0.3 is 10.6 Å².